The van der Waals surface area contributed by atoms with Gasteiger partial charge in [-0.1, -0.05) is 0 Å². The predicted molar refractivity (Wildman–Crippen MR) is 108 cm³/mol. The van der Waals surface area contributed by atoms with Crippen LogP contribution in [-0.2, 0) is 18.4 Å². The third-order valence-corrected chi connectivity index (χ3v) is 7.70. The Morgan fingerprint density at radius 3 is 2.50 bits per heavy atom. The van der Waals surface area contributed by atoms with Crippen LogP contribution in [0.1, 0.15) is 13.3 Å². The number of pyridine rings is 1. The zero-order valence-corrected chi connectivity index (χ0v) is 18.4. The number of aromatic nitrogens is 1. The second-order valence-electron chi connectivity index (χ2n) is 6.64. The second-order valence-corrected chi connectivity index (χ2v) is 12.2. The molecule has 2 aromatic carbocycles. The minimum absolute atomic E-state index is 0.149. The molecule has 0 amide bonds. The van der Waals surface area contributed by atoms with Crippen molar-refractivity contribution in [3.05, 3.63) is 46.8 Å². The molecule has 4 rings (SSSR count). The quantitative estimate of drug-likeness (QED) is 0.476. The van der Waals surface area contributed by atoms with Crippen LogP contribution in [0.3, 0.4) is 0 Å². The molecular formula is C22H24AuNO4. The van der Waals surface area contributed by atoms with E-state index in [1.54, 1.807) is 6.07 Å². The van der Waals surface area contributed by atoms with Crippen molar-refractivity contribution in [3.63, 3.8) is 0 Å². The predicted octanol–water partition coefficient (Wildman–Crippen LogP) is 4.09. The van der Waals surface area contributed by atoms with Gasteiger partial charge in [-0.2, -0.15) is 0 Å². The number of nitrogens with one attached hydrogen (secondary N) is 1. The Bertz CT molecular complexity index is 1070. The van der Waals surface area contributed by atoms with Gasteiger partial charge in [-0.25, -0.2) is 0 Å². The van der Waals surface area contributed by atoms with E-state index in [1.807, 2.05) is 12.1 Å². The van der Waals surface area contributed by atoms with Crippen LogP contribution in [0.5, 0.6) is 17.2 Å². The number of H-pyrrole nitrogens is 1. The van der Waals surface area contributed by atoms with Gasteiger partial charge >= 0.3 is 171 Å². The summed E-state index contributed by atoms with van der Waals surface area (Å²) in [6.07, 6.45) is 0.929. The molecule has 0 fully saturated rings. The minimum atomic E-state index is -1.06. The number of hydrogen-bond donors (Lipinski definition) is 1. The monoisotopic (exact) mass is 563 g/mol. The van der Waals surface area contributed by atoms with Crippen molar-refractivity contribution in [1.82, 2.24) is 4.98 Å². The number of benzene rings is 2. The first-order chi connectivity index (χ1) is 13.6. The molecular weight excluding hydrogens is 539 g/mol. The number of hydrogen-bond acceptors (Lipinski definition) is 4. The molecule has 0 aliphatic carbocycles. The van der Waals surface area contributed by atoms with Crippen LogP contribution in [0.4, 0.5) is 0 Å². The fourth-order valence-corrected chi connectivity index (χ4v) is 5.05. The fraction of sp³-hybridized carbons (Fsp3) is 0.318. The van der Waals surface area contributed by atoms with E-state index in [0.29, 0.717) is 31.3 Å². The second kappa shape index (κ2) is 8.03. The molecule has 2 heterocycles. The van der Waals surface area contributed by atoms with E-state index in [2.05, 4.69) is 40.4 Å². The van der Waals surface area contributed by atoms with Crippen LogP contribution in [0.2, 0.25) is 10.3 Å². The summed E-state index contributed by atoms with van der Waals surface area (Å²) in [5, 5.41) is 5.53. The molecule has 6 heteroatoms. The molecule has 3 aromatic rings. The van der Waals surface area contributed by atoms with Crippen LogP contribution in [0.25, 0.3) is 22.0 Å². The molecule has 1 aliphatic rings. The average molecular weight is 563 g/mol. The van der Waals surface area contributed by atoms with Crippen molar-refractivity contribution in [2.45, 2.75) is 23.6 Å². The first kappa shape index (κ1) is 19.1. The van der Waals surface area contributed by atoms with E-state index in [1.165, 1.54) is 3.78 Å². The van der Waals surface area contributed by atoms with Crippen LogP contribution < -0.4 is 23.6 Å². The van der Waals surface area contributed by atoms with Gasteiger partial charge in [0.2, 0.25) is 0 Å². The molecule has 0 saturated carbocycles. The molecule has 152 valence electrons. The summed E-state index contributed by atoms with van der Waals surface area (Å²) in [5.74, 6) is 2.20. The third kappa shape index (κ3) is 3.70. The van der Waals surface area contributed by atoms with Crippen molar-refractivity contribution in [1.29, 1.82) is 0 Å². The van der Waals surface area contributed by atoms with E-state index in [0.717, 1.165) is 34.2 Å². The van der Waals surface area contributed by atoms with Crippen molar-refractivity contribution < 1.29 is 32.7 Å². The molecule has 1 N–H and O–H groups in total. The fourth-order valence-electron chi connectivity index (χ4n) is 3.24. The van der Waals surface area contributed by atoms with Crippen molar-refractivity contribution in [2.24, 2.45) is 0 Å². The molecule has 0 bridgehead atoms. The van der Waals surface area contributed by atoms with Crippen LogP contribution in [-0.4, -0.2) is 24.8 Å². The number of aromatic amines is 1. The maximum absolute atomic E-state index is 12.4. The van der Waals surface area contributed by atoms with Crippen molar-refractivity contribution in [3.8, 4) is 28.4 Å². The van der Waals surface area contributed by atoms with E-state index in [4.69, 9.17) is 14.2 Å². The van der Waals surface area contributed by atoms with Gasteiger partial charge in [0.05, 0.1) is 0 Å². The SMILES string of the molecule is CCCOc1c[c]([Au]([CH3])[CH3])ccc1-c1cc(=O)[nH]c2cc3c(cc12)OCCO3. The van der Waals surface area contributed by atoms with Crippen molar-refractivity contribution in [2.75, 3.05) is 19.8 Å². The van der Waals surface area contributed by atoms with E-state index in [-0.39, 0.29) is 5.56 Å². The first-order valence-electron chi connectivity index (χ1n) is 9.11. The summed E-state index contributed by atoms with van der Waals surface area (Å²) in [4.78, 5) is 15.3. The van der Waals surface area contributed by atoms with E-state index in [9.17, 15) is 4.79 Å². The molecule has 1 aliphatic heterocycles. The summed E-state index contributed by atoms with van der Waals surface area (Å²) in [6, 6.07) is 11.8. The van der Waals surface area contributed by atoms with Gasteiger partial charge < -0.3 is 0 Å². The first-order valence-corrected chi connectivity index (χ1v) is 14.5. The summed E-state index contributed by atoms with van der Waals surface area (Å²) < 4.78 is 18.9. The van der Waals surface area contributed by atoms with Gasteiger partial charge in [0.1, 0.15) is 0 Å². The zero-order chi connectivity index (χ0) is 19.7. The maximum atomic E-state index is 12.4. The molecule has 0 unspecified atom stereocenters. The molecule has 0 atom stereocenters. The van der Waals surface area contributed by atoms with Crippen LogP contribution in [0, 0.1) is 0 Å². The molecule has 1 aromatic heterocycles. The molecule has 0 radical (unpaired) electrons. The van der Waals surface area contributed by atoms with Crippen molar-refractivity contribution >= 4 is 14.7 Å². The third-order valence-electron chi connectivity index (χ3n) is 4.53. The Labute approximate surface area is 170 Å². The zero-order valence-electron chi connectivity index (χ0n) is 16.2. The van der Waals surface area contributed by atoms with E-state index < -0.39 is 18.4 Å². The number of rotatable bonds is 5. The topological polar surface area (TPSA) is 60.6 Å². The standard InChI is InChI=1S/C20H18NO4.2CH3.Au/c1-2-7-23-17-6-4-3-5-13(17)14-11-20(22)21-16-12-19-18(10-15(14)16)24-8-9-25-19;;;/h3,5-6,10-12H,2,7-9H2,1H3,(H,21,22);2*1H3;. The normalized spacial score (nSPS) is 13.5. The number of fused-ring (bicyclic) bond motifs is 2. The number of ether oxygens (including phenoxy) is 3. The van der Waals surface area contributed by atoms with Gasteiger partial charge in [0, 0.05) is 0 Å². The van der Waals surface area contributed by atoms with Gasteiger partial charge in [-0.05, 0) is 0 Å². The van der Waals surface area contributed by atoms with Gasteiger partial charge in [0.25, 0.3) is 0 Å². The summed E-state index contributed by atoms with van der Waals surface area (Å²) in [6.45, 7) is 3.77. The van der Waals surface area contributed by atoms with Gasteiger partial charge in [0.15, 0.2) is 0 Å². The summed E-state index contributed by atoms with van der Waals surface area (Å²) in [7, 11) is 0. The Kier molecular flexibility index (Phi) is 5.49. The molecule has 0 saturated heterocycles. The Hall–Kier alpha value is -2.21. The van der Waals surface area contributed by atoms with Gasteiger partial charge in [-0.3, -0.25) is 0 Å². The average Bonchev–Trinajstić information content (AvgIpc) is 2.70. The Morgan fingerprint density at radius 1 is 1.04 bits per heavy atom. The van der Waals surface area contributed by atoms with E-state index >= 15 is 0 Å². The van der Waals surface area contributed by atoms with Crippen LogP contribution >= 0.6 is 0 Å². The Morgan fingerprint density at radius 2 is 1.79 bits per heavy atom. The van der Waals surface area contributed by atoms with Gasteiger partial charge in [-0.15, -0.1) is 0 Å². The summed E-state index contributed by atoms with van der Waals surface area (Å²) in [5.41, 5.74) is 2.36. The van der Waals surface area contributed by atoms with Crippen LogP contribution in [0.15, 0.2) is 41.2 Å². The Balaban J connectivity index is 1.94. The molecule has 28 heavy (non-hydrogen) atoms. The summed E-state index contributed by atoms with van der Waals surface area (Å²) >= 11 is -1.06. The molecule has 5 nitrogen and oxygen atoms in total. The molecule has 0 spiro atoms.